The Hall–Kier alpha value is -2.03. The highest BCUT2D eigenvalue weighted by molar-refractivity contribution is 5.75. The van der Waals surface area contributed by atoms with Crippen LogP contribution in [-0.4, -0.2) is 11.3 Å². The molecule has 0 radical (unpaired) electrons. The van der Waals surface area contributed by atoms with E-state index in [1.54, 1.807) is 24.3 Å². The molecular weight excluding hydrogens is 193 g/mol. The molecule has 0 amide bonds. The average molecular weight is 201 g/mol. The minimum atomic E-state index is -0.297. The van der Waals surface area contributed by atoms with E-state index in [4.69, 9.17) is 0 Å². The number of hydrogen-bond donors (Lipinski definition) is 0. The van der Waals surface area contributed by atoms with Gasteiger partial charge < -0.3 is 0 Å². The van der Waals surface area contributed by atoms with Crippen molar-refractivity contribution in [3.05, 3.63) is 54.0 Å². The van der Waals surface area contributed by atoms with Crippen molar-refractivity contribution in [2.24, 2.45) is 0 Å². The van der Waals surface area contributed by atoms with E-state index in [1.807, 2.05) is 0 Å². The molecule has 2 rings (SSSR count). The second-order valence-corrected chi connectivity index (χ2v) is 3.10. The van der Waals surface area contributed by atoms with Gasteiger partial charge in [0.15, 0.2) is 6.29 Å². The predicted octanol–water partition coefficient (Wildman–Crippen LogP) is 2.70. The number of rotatable bonds is 2. The molecule has 0 aliphatic heterocycles. The van der Waals surface area contributed by atoms with E-state index >= 15 is 0 Å². The van der Waals surface area contributed by atoms with Gasteiger partial charge in [0.1, 0.15) is 5.82 Å². The summed E-state index contributed by atoms with van der Waals surface area (Å²) in [4.78, 5) is 14.5. The number of aldehydes is 1. The molecule has 1 aromatic carbocycles. The summed E-state index contributed by atoms with van der Waals surface area (Å²) in [6, 6.07) is 9.52. The lowest BCUT2D eigenvalue weighted by atomic mass is 10.1. The fourth-order valence-corrected chi connectivity index (χ4v) is 1.29. The van der Waals surface area contributed by atoms with Gasteiger partial charge in [-0.25, -0.2) is 4.39 Å². The Morgan fingerprint density at radius 3 is 2.67 bits per heavy atom. The van der Waals surface area contributed by atoms with Gasteiger partial charge in [0.25, 0.3) is 0 Å². The van der Waals surface area contributed by atoms with Gasteiger partial charge in [-0.15, -0.1) is 0 Å². The summed E-state index contributed by atoms with van der Waals surface area (Å²) < 4.78 is 12.9. The van der Waals surface area contributed by atoms with E-state index in [1.165, 1.54) is 18.3 Å². The highest BCUT2D eigenvalue weighted by atomic mass is 19.1. The molecule has 0 aliphatic carbocycles. The van der Waals surface area contributed by atoms with Gasteiger partial charge >= 0.3 is 0 Å². The van der Waals surface area contributed by atoms with Gasteiger partial charge in [-0.1, -0.05) is 12.1 Å². The standard InChI is InChI=1S/C12H8FNO/c13-11-3-1-2-10(6-11)12-5-4-9(8-15)7-14-12/h1-8H. The first kappa shape index (κ1) is 9.52. The normalized spacial score (nSPS) is 9.93. The Bertz CT molecular complexity index is 479. The fraction of sp³-hybridized carbons (Fsp3) is 0. The fourth-order valence-electron chi connectivity index (χ4n) is 1.29. The molecule has 0 bridgehead atoms. The molecule has 0 spiro atoms. The summed E-state index contributed by atoms with van der Waals surface area (Å²) in [5, 5.41) is 0. The summed E-state index contributed by atoms with van der Waals surface area (Å²) >= 11 is 0. The second-order valence-electron chi connectivity index (χ2n) is 3.10. The summed E-state index contributed by atoms with van der Waals surface area (Å²) in [5.74, 6) is -0.297. The van der Waals surface area contributed by atoms with Gasteiger partial charge in [-0.3, -0.25) is 9.78 Å². The van der Waals surface area contributed by atoms with Gasteiger partial charge in [0, 0.05) is 17.3 Å². The third kappa shape index (κ3) is 2.07. The SMILES string of the molecule is O=Cc1ccc(-c2cccc(F)c2)nc1. The zero-order valence-electron chi connectivity index (χ0n) is 7.85. The second kappa shape index (κ2) is 4.00. The van der Waals surface area contributed by atoms with Crippen LogP contribution in [0.15, 0.2) is 42.6 Å². The van der Waals surface area contributed by atoms with Crippen molar-refractivity contribution in [1.82, 2.24) is 4.98 Å². The maximum absolute atomic E-state index is 12.9. The zero-order valence-corrected chi connectivity index (χ0v) is 7.85. The first-order valence-corrected chi connectivity index (χ1v) is 4.47. The van der Waals surface area contributed by atoms with E-state index in [-0.39, 0.29) is 5.82 Å². The third-order valence-electron chi connectivity index (χ3n) is 2.04. The van der Waals surface area contributed by atoms with Crippen molar-refractivity contribution in [2.45, 2.75) is 0 Å². The number of nitrogens with zero attached hydrogens (tertiary/aromatic N) is 1. The Balaban J connectivity index is 2.41. The highest BCUT2D eigenvalue weighted by Crippen LogP contribution is 2.17. The molecule has 74 valence electrons. The summed E-state index contributed by atoms with van der Waals surface area (Å²) in [5.41, 5.74) is 1.86. The number of halogens is 1. The van der Waals surface area contributed by atoms with Crippen molar-refractivity contribution < 1.29 is 9.18 Å². The zero-order chi connectivity index (χ0) is 10.7. The molecule has 0 saturated heterocycles. The monoisotopic (exact) mass is 201 g/mol. The predicted molar refractivity (Wildman–Crippen MR) is 55.0 cm³/mol. The summed E-state index contributed by atoms with van der Waals surface area (Å²) in [6.45, 7) is 0. The maximum atomic E-state index is 12.9. The van der Waals surface area contributed by atoms with Crippen molar-refractivity contribution in [2.75, 3.05) is 0 Å². The molecule has 0 saturated carbocycles. The number of pyridine rings is 1. The molecule has 0 N–H and O–H groups in total. The molecule has 1 aromatic heterocycles. The van der Waals surface area contributed by atoms with E-state index in [0.29, 0.717) is 16.8 Å². The first-order chi connectivity index (χ1) is 7.29. The molecule has 1 heterocycles. The van der Waals surface area contributed by atoms with Crippen LogP contribution in [0.3, 0.4) is 0 Å². The smallest absolute Gasteiger partial charge is 0.151 e. The quantitative estimate of drug-likeness (QED) is 0.699. The average Bonchev–Trinajstić information content (AvgIpc) is 2.29. The van der Waals surface area contributed by atoms with E-state index in [2.05, 4.69) is 4.98 Å². The van der Waals surface area contributed by atoms with Crippen molar-refractivity contribution in [3.63, 3.8) is 0 Å². The number of carbonyl (C=O) groups excluding carboxylic acids is 1. The lowest BCUT2D eigenvalue weighted by Crippen LogP contribution is -1.86. The Labute approximate surface area is 86.4 Å². The molecule has 0 fully saturated rings. The van der Waals surface area contributed by atoms with Crippen molar-refractivity contribution >= 4 is 6.29 Å². The number of hydrogen-bond acceptors (Lipinski definition) is 2. The molecular formula is C12H8FNO. The van der Waals surface area contributed by atoms with Crippen LogP contribution in [0, 0.1) is 5.82 Å². The third-order valence-corrected chi connectivity index (χ3v) is 2.04. The molecule has 0 unspecified atom stereocenters. The van der Waals surface area contributed by atoms with E-state index in [0.717, 1.165) is 6.29 Å². The number of carbonyl (C=O) groups is 1. The summed E-state index contributed by atoms with van der Waals surface area (Å²) in [7, 11) is 0. The van der Waals surface area contributed by atoms with Crippen LogP contribution in [0.4, 0.5) is 4.39 Å². The number of aromatic nitrogens is 1. The largest absolute Gasteiger partial charge is 0.298 e. The minimum absolute atomic E-state index is 0.297. The topological polar surface area (TPSA) is 30.0 Å². The van der Waals surface area contributed by atoms with Gasteiger partial charge in [0.2, 0.25) is 0 Å². The highest BCUT2D eigenvalue weighted by Gasteiger charge is 2.00. The van der Waals surface area contributed by atoms with Gasteiger partial charge in [0.05, 0.1) is 5.69 Å². The summed E-state index contributed by atoms with van der Waals surface area (Å²) in [6.07, 6.45) is 2.19. The molecule has 2 nitrogen and oxygen atoms in total. The van der Waals surface area contributed by atoms with Crippen LogP contribution >= 0.6 is 0 Å². The van der Waals surface area contributed by atoms with Crippen LogP contribution in [0.25, 0.3) is 11.3 Å². The molecule has 0 atom stereocenters. The van der Waals surface area contributed by atoms with Crippen molar-refractivity contribution in [3.8, 4) is 11.3 Å². The van der Waals surface area contributed by atoms with Crippen LogP contribution in [-0.2, 0) is 0 Å². The Morgan fingerprint density at radius 1 is 1.20 bits per heavy atom. The maximum Gasteiger partial charge on any atom is 0.151 e. The Morgan fingerprint density at radius 2 is 2.07 bits per heavy atom. The number of benzene rings is 1. The molecule has 15 heavy (non-hydrogen) atoms. The van der Waals surface area contributed by atoms with Gasteiger partial charge in [-0.05, 0) is 24.3 Å². The van der Waals surface area contributed by atoms with Crippen molar-refractivity contribution in [1.29, 1.82) is 0 Å². The molecule has 0 aliphatic rings. The first-order valence-electron chi connectivity index (χ1n) is 4.47. The van der Waals surface area contributed by atoms with Crippen LogP contribution in [0.2, 0.25) is 0 Å². The van der Waals surface area contributed by atoms with Gasteiger partial charge in [-0.2, -0.15) is 0 Å². The Kier molecular flexibility index (Phi) is 2.54. The van der Waals surface area contributed by atoms with E-state index < -0.39 is 0 Å². The van der Waals surface area contributed by atoms with Crippen LogP contribution in [0.1, 0.15) is 10.4 Å². The van der Waals surface area contributed by atoms with Crippen LogP contribution in [0.5, 0.6) is 0 Å². The molecule has 3 heteroatoms. The molecule has 2 aromatic rings. The van der Waals surface area contributed by atoms with E-state index in [9.17, 15) is 9.18 Å². The van der Waals surface area contributed by atoms with Crippen LogP contribution < -0.4 is 0 Å². The lowest BCUT2D eigenvalue weighted by molar-refractivity contribution is 0.112. The lowest BCUT2D eigenvalue weighted by Gasteiger charge is -2.00. The minimum Gasteiger partial charge on any atom is -0.298 e.